The molecule has 0 saturated heterocycles. The third-order valence-corrected chi connectivity index (χ3v) is 2.76. The van der Waals surface area contributed by atoms with Crippen LogP contribution in [0.15, 0.2) is 0 Å². The van der Waals surface area contributed by atoms with Crippen molar-refractivity contribution in [1.29, 1.82) is 0 Å². The van der Waals surface area contributed by atoms with Gasteiger partial charge in [-0.2, -0.15) is 0 Å². The van der Waals surface area contributed by atoms with Gasteiger partial charge in [0.2, 0.25) is 0 Å². The standard InChI is InChI=1S/C14H27NO4/c1-6-9-12(10-13(16)18-7-2)15(11(4)5)14(17)19-8-3/h11-12H,6-10H2,1-5H3. The average molecular weight is 273 g/mol. The second-order valence-electron chi connectivity index (χ2n) is 4.65. The van der Waals surface area contributed by atoms with E-state index in [0.29, 0.717) is 13.2 Å². The summed E-state index contributed by atoms with van der Waals surface area (Å²) >= 11 is 0. The fourth-order valence-electron chi connectivity index (χ4n) is 2.06. The van der Waals surface area contributed by atoms with Crippen molar-refractivity contribution in [1.82, 2.24) is 4.90 Å². The lowest BCUT2D eigenvalue weighted by Crippen LogP contribution is -2.46. The van der Waals surface area contributed by atoms with E-state index in [9.17, 15) is 9.59 Å². The summed E-state index contributed by atoms with van der Waals surface area (Å²) in [5, 5.41) is 0. The zero-order valence-corrected chi connectivity index (χ0v) is 12.8. The fraction of sp³-hybridized carbons (Fsp3) is 0.857. The van der Waals surface area contributed by atoms with E-state index in [4.69, 9.17) is 9.47 Å². The van der Waals surface area contributed by atoms with E-state index < -0.39 is 0 Å². The molecule has 0 aromatic heterocycles. The van der Waals surface area contributed by atoms with Crippen LogP contribution in [0.4, 0.5) is 4.79 Å². The Kier molecular flexibility index (Phi) is 9.00. The molecule has 0 bridgehead atoms. The first-order valence-electron chi connectivity index (χ1n) is 7.08. The Morgan fingerprint density at radius 3 is 2.05 bits per heavy atom. The molecular weight excluding hydrogens is 246 g/mol. The molecule has 0 heterocycles. The molecule has 0 aliphatic carbocycles. The molecule has 0 aromatic carbocycles. The van der Waals surface area contributed by atoms with Crippen molar-refractivity contribution >= 4 is 12.1 Å². The van der Waals surface area contributed by atoms with Crippen LogP contribution < -0.4 is 0 Å². The number of hydrogen-bond acceptors (Lipinski definition) is 4. The summed E-state index contributed by atoms with van der Waals surface area (Å²) in [5.41, 5.74) is 0. The van der Waals surface area contributed by atoms with Crippen LogP contribution >= 0.6 is 0 Å². The first-order valence-corrected chi connectivity index (χ1v) is 7.08. The van der Waals surface area contributed by atoms with Crippen LogP contribution in [0.25, 0.3) is 0 Å². The molecule has 0 N–H and O–H groups in total. The number of carbonyl (C=O) groups is 2. The summed E-state index contributed by atoms with van der Waals surface area (Å²) in [7, 11) is 0. The van der Waals surface area contributed by atoms with E-state index in [1.807, 2.05) is 20.8 Å². The average Bonchev–Trinajstić information content (AvgIpc) is 2.29. The highest BCUT2D eigenvalue weighted by atomic mass is 16.6. The van der Waals surface area contributed by atoms with Crippen LogP contribution in [0.1, 0.15) is 53.9 Å². The number of carbonyl (C=O) groups excluding carboxylic acids is 2. The SMILES string of the molecule is CCCC(CC(=O)OCC)N(C(=O)OCC)C(C)C. The molecule has 5 nitrogen and oxygen atoms in total. The molecule has 5 heteroatoms. The van der Waals surface area contributed by atoms with Crippen molar-refractivity contribution in [2.45, 2.75) is 66.0 Å². The van der Waals surface area contributed by atoms with Crippen molar-refractivity contribution in [3.8, 4) is 0 Å². The zero-order chi connectivity index (χ0) is 14.8. The molecule has 1 atom stereocenters. The summed E-state index contributed by atoms with van der Waals surface area (Å²) < 4.78 is 10.0. The Hall–Kier alpha value is -1.26. The van der Waals surface area contributed by atoms with Gasteiger partial charge in [-0.25, -0.2) is 4.79 Å². The van der Waals surface area contributed by atoms with Crippen LogP contribution in [0, 0.1) is 0 Å². The van der Waals surface area contributed by atoms with Crippen molar-refractivity contribution < 1.29 is 19.1 Å². The Morgan fingerprint density at radius 1 is 1.05 bits per heavy atom. The molecule has 112 valence electrons. The maximum atomic E-state index is 12.0. The van der Waals surface area contributed by atoms with Crippen LogP contribution in [-0.4, -0.2) is 42.3 Å². The topological polar surface area (TPSA) is 55.8 Å². The Balaban J connectivity index is 4.84. The van der Waals surface area contributed by atoms with E-state index in [-0.39, 0.29) is 30.6 Å². The lowest BCUT2D eigenvalue weighted by molar-refractivity contribution is -0.144. The van der Waals surface area contributed by atoms with Gasteiger partial charge in [-0.3, -0.25) is 4.79 Å². The Bertz CT molecular complexity index is 279. The number of amides is 1. The van der Waals surface area contributed by atoms with Gasteiger partial charge in [0.05, 0.1) is 19.6 Å². The maximum absolute atomic E-state index is 12.0. The van der Waals surface area contributed by atoms with Gasteiger partial charge >= 0.3 is 12.1 Å². The summed E-state index contributed by atoms with van der Waals surface area (Å²) in [4.78, 5) is 25.3. The molecule has 0 fully saturated rings. The van der Waals surface area contributed by atoms with Crippen molar-refractivity contribution in [2.24, 2.45) is 0 Å². The zero-order valence-electron chi connectivity index (χ0n) is 12.8. The molecule has 0 rings (SSSR count). The van der Waals surface area contributed by atoms with Crippen molar-refractivity contribution in [2.75, 3.05) is 13.2 Å². The first kappa shape index (κ1) is 17.7. The molecule has 1 amide bonds. The summed E-state index contributed by atoms with van der Waals surface area (Å²) in [5.74, 6) is -0.268. The van der Waals surface area contributed by atoms with E-state index in [2.05, 4.69) is 0 Å². The molecule has 1 unspecified atom stereocenters. The second-order valence-corrected chi connectivity index (χ2v) is 4.65. The number of hydrogen-bond donors (Lipinski definition) is 0. The predicted octanol–water partition coefficient (Wildman–Crippen LogP) is 2.98. The third kappa shape index (κ3) is 6.45. The lowest BCUT2D eigenvalue weighted by Gasteiger charge is -2.33. The van der Waals surface area contributed by atoms with Gasteiger partial charge < -0.3 is 14.4 Å². The van der Waals surface area contributed by atoms with E-state index in [1.54, 1.807) is 18.7 Å². The van der Waals surface area contributed by atoms with Crippen molar-refractivity contribution in [3.05, 3.63) is 0 Å². The fourth-order valence-corrected chi connectivity index (χ4v) is 2.06. The largest absolute Gasteiger partial charge is 0.466 e. The number of esters is 1. The normalized spacial score (nSPS) is 12.1. The summed E-state index contributed by atoms with van der Waals surface area (Å²) in [6.45, 7) is 10.1. The highest BCUT2D eigenvalue weighted by molar-refractivity contribution is 5.73. The van der Waals surface area contributed by atoms with Gasteiger partial charge in [0.25, 0.3) is 0 Å². The summed E-state index contributed by atoms with van der Waals surface area (Å²) in [6, 6.07) is -0.173. The Labute approximate surface area is 116 Å². The molecule has 0 spiro atoms. The number of rotatable bonds is 8. The Morgan fingerprint density at radius 2 is 1.63 bits per heavy atom. The molecule has 0 aromatic rings. The van der Waals surface area contributed by atoms with E-state index in [0.717, 1.165) is 12.8 Å². The van der Waals surface area contributed by atoms with Gasteiger partial charge in [-0.05, 0) is 34.1 Å². The maximum Gasteiger partial charge on any atom is 0.410 e. The lowest BCUT2D eigenvalue weighted by atomic mass is 10.1. The number of nitrogens with zero attached hydrogens (tertiary/aromatic N) is 1. The van der Waals surface area contributed by atoms with E-state index >= 15 is 0 Å². The van der Waals surface area contributed by atoms with Crippen LogP contribution in [-0.2, 0) is 14.3 Å². The first-order chi connectivity index (χ1) is 8.97. The highest BCUT2D eigenvalue weighted by Gasteiger charge is 2.29. The smallest absolute Gasteiger partial charge is 0.410 e. The monoisotopic (exact) mass is 273 g/mol. The van der Waals surface area contributed by atoms with Gasteiger partial charge in [-0.15, -0.1) is 0 Å². The molecule has 0 radical (unpaired) electrons. The second kappa shape index (κ2) is 9.64. The predicted molar refractivity (Wildman–Crippen MR) is 73.9 cm³/mol. The van der Waals surface area contributed by atoms with E-state index in [1.165, 1.54) is 0 Å². The minimum atomic E-state index is -0.361. The molecule has 0 saturated carbocycles. The molecule has 0 aliphatic rings. The minimum Gasteiger partial charge on any atom is -0.466 e. The number of ether oxygens (including phenoxy) is 2. The van der Waals surface area contributed by atoms with Gasteiger partial charge in [0.1, 0.15) is 0 Å². The minimum absolute atomic E-state index is 0.00923. The van der Waals surface area contributed by atoms with Crippen molar-refractivity contribution in [3.63, 3.8) is 0 Å². The molecule has 19 heavy (non-hydrogen) atoms. The quantitative estimate of drug-likeness (QED) is 0.638. The van der Waals surface area contributed by atoms with Gasteiger partial charge in [0, 0.05) is 12.1 Å². The van der Waals surface area contributed by atoms with Gasteiger partial charge in [0.15, 0.2) is 0 Å². The van der Waals surface area contributed by atoms with Crippen LogP contribution in [0.3, 0.4) is 0 Å². The van der Waals surface area contributed by atoms with Gasteiger partial charge in [-0.1, -0.05) is 13.3 Å². The molecule has 0 aliphatic heterocycles. The van der Waals surface area contributed by atoms with Crippen LogP contribution in [0.2, 0.25) is 0 Å². The van der Waals surface area contributed by atoms with Crippen LogP contribution in [0.5, 0.6) is 0 Å². The third-order valence-electron chi connectivity index (χ3n) is 2.76. The molecular formula is C14H27NO4. The summed E-state index contributed by atoms with van der Waals surface area (Å²) in [6.07, 6.45) is 1.52. The highest BCUT2D eigenvalue weighted by Crippen LogP contribution is 2.17.